The maximum Gasteiger partial charge on any atom is 0.337 e. The van der Waals surface area contributed by atoms with Crippen molar-refractivity contribution < 1.29 is 22.7 Å². The Hall–Kier alpha value is -2.43. The summed E-state index contributed by atoms with van der Waals surface area (Å²) in [5, 5.41) is 0. The van der Waals surface area contributed by atoms with Gasteiger partial charge in [-0.1, -0.05) is 17.4 Å². The van der Waals surface area contributed by atoms with Crippen LogP contribution in [0.15, 0.2) is 52.4 Å². The van der Waals surface area contributed by atoms with Gasteiger partial charge in [-0.2, -0.15) is 16.8 Å². The number of nitrogens with zero attached hydrogens (tertiary/aromatic N) is 2. The Balaban J connectivity index is 2.12. The molecule has 0 aliphatic heterocycles. The fourth-order valence-electron chi connectivity index (χ4n) is 2.81. The molecule has 1 heterocycles. The van der Waals surface area contributed by atoms with E-state index in [2.05, 4.69) is 4.99 Å². The average Bonchev–Trinajstić information content (AvgIpc) is 3.07. The van der Waals surface area contributed by atoms with Gasteiger partial charge in [-0.15, -0.1) is 0 Å². The van der Waals surface area contributed by atoms with E-state index in [9.17, 15) is 18.0 Å². The van der Waals surface area contributed by atoms with Crippen LogP contribution < -0.4 is 4.80 Å². The van der Waals surface area contributed by atoms with Crippen LogP contribution in [-0.4, -0.2) is 50.2 Å². The zero-order valence-electron chi connectivity index (χ0n) is 16.6. The van der Waals surface area contributed by atoms with Crippen LogP contribution in [0.5, 0.6) is 0 Å². The number of hydrogen-bond donors (Lipinski definition) is 0. The SMILES string of the molecule is COC(=O)c1ccc2c(c1)sc(=NC(=O)c1cccc(S(C)(=O)=O)c1)n2CCSC. The van der Waals surface area contributed by atoms with Crippen molar-refractivity contribution in [2.75, 3.05) is 25.4 Å². The maximum absolute atomic E-state index is 12.8. The highest BCUT2D eigenvalue weighted by atomic mass is 32.2. The number of rotatable bonds is 6. The summed E-state index contributed by atoms with van der Waals surface area (Å²) in [7, 11) is -2.11. The number of carbonyl (C=O) groups excluding carboxylic acids is 2. The maximum atomic E-state index is 12.8. The summed E-state index contributed by atoms with van der Waals surface area (Å²) in [4.78, 5) is 29.4. The molecule has 7 nitrogen and oxygen atoms in total. The Bertz CT molecular complexity index is 1290. The van der Waals surface area contributed by atoms with Gasteiger partial charge in [0.1, 0.15) is 0 Å². The van der Waals surface area contributed by atoms with E-state index in [-0.39, 0.29) is 10.5 Å². The molecule has 2 aromatic carbocycles. The summed E-state index contributed by atoms with van der Waals surface area (Å²) >= 11 is 2.95. The van der Waals surface area contributed by atoms with E-state index in [1.54, 1.807) is 23.9 Å². The second-order valence-corrected chi connectivity index (χ2v) is 10.4. The molecule has 3 rings (SSSR count). The lowest BCUT2D eigenvalue weighted by atomic mass is 10.2. The molecule has 158 valence electrons. The number of thioether (sulfide) groups is 1. The zero-order valence-corrected chi connectivity index (χ0v) is 19.1. The van der Waals surface area contributed by atoms with Gasteiger partial charge in [0, 0.05) is 24.1 Å². The number of thiazole rings is 1. The first-order valence-corrected chi connectivity index (χ1v) is 12.9. The summed E-state index contributed by atoms with van der Waals surface area (Å²) in [5.74, 6) is -0.151. The molecule has 0 N–H and O–H groups in total. The van der Waals surface area contributed by atoms with Crippen LogP contribution in [0.2, 0.25) is 0 Å². The van der Waals surface area contributed by atoms with Crippen molar-refractivity contribution in [3.63, 3.8) is 0 Å². The second-order valence-electron chi connectivity index (χ2n) is 6.42. The Labute approximate surface area is 182 Å². The Morgan fingerprint density at radius 1 is 1.17 bits per heavy atom. The number of ether oxygens (including phenoxy) is 1. The highest BCUT2D eigenvalue weighted by Crippen LogP contribution is 2.21. The predicted octanol–water partition coefficient (Wildman–Crippen LogP) is 3.00. The minimum atomic E-state index is -3.43. The average molecular weight is 465 g/mol. The molecule has 0 spiro atoms. The lowest BCUT2D eigenvalue weighted by Crippen LogP contribution is -2.18. The second kappa shape index (κ2) is 9.15. The van der Waals surface area contributed by atoms with Gasteiger partial charge in [0.25, 0.3) is 5.91 Å². The van der Waals surface area contributed by atoms with Crippen LogP contribution in [-0.2, 0) is 21.1 Å². The molecule has 0 bridgehead atoms. The molecular formula is C20H20N2O5S3. The van der Waals surface area contributed by atoms with Crippen LogP contribution in [0.25, 0.3) is 10.2 Å². The number of aryl methyl sites for hydroxylation is 1. The minimum absolute atomic E-state index is 0.0675. The number of hydrogen-bond acceptors (Lipinski definition) is 7. The molecule has 3 aromatic rings. The number of aromatic nitrogens is 1. The fourth-order valence-corrected chi connectivity index (χ4v) is 4.94. The molecule has 0 saturated heterocycles. The quantitative estimate of drug-likeness (QED) is 0.521. The van der Waals surface area contributed by atoms with Crippen LogP contribution in [0.3, 0.4) is 0 Å². The van der Waals surface area contributed by atoms with Crippen LogP contribution in [0, 0.1) is 0 Å². The van der Waals surface area contributed by atoms with Crippen LogP contribution >= 0.6 is 23.1 Å². The Morgan fingerprint density at radius 2 is 1.93 bits per heavy atom. The molecule has 0 aliphatic carbocycles. The molecule has 30 heavy (non-hydrogen) atoms. The topological polar surface area (TPSA) is 94.8 Å². The molecule has 0 radical (unpaired) electrons. The lowest BCUT2D eigenvalue weighted by Gasteiger charge is -2.05. The number of methoxy groups -OCH3 is 1. The van der Waals surface area contributed by atoms with Gasteiger partial charge in [-0.3, -0.25) is 4.79 Å². The summed E-state index contributed by atoms with van der Waals surface area (Å²) in [5.41, 5.74) is 1.47. The summed E-state index contributed by atoms with van der Waals surface area (Å²) in [6.07, 6.45) is 3.08. The largest absolute Gasteiger partial charge is 0.465 e. The molecule has 1 aromatic heterocycles. The predicted molar refractivity (Wildman–Crippen MR) is 119 cm³/mol. The highest BCUT2D eigenvalue weighted by molar-refractivity contribution is 7.98. The number of fused-ring (bicyclic) bond motifs is 1. The fraction of sp³-hybridized carbons (Fsp3) is 0.250. The van der Waals surface area contributed by atoms with E-state index < -0.39 is 21.7 Å². The first-order chi connectivity index (χ1) is 14.2. The molecule has 1 amide bonds. The van der Waals surface area contributed by atoms with E-state index in [1.807, 2.05) is 16.9 Å². The number of carbonyl (C=O) groups is 2. The van der Waals surface area contributed by atoms with Gasteiger partial charge in [0.05, 0.1) is 27.8 Å². The van der Waals surface area contributed by atoms with Crippen molar-refractivity contribution in [2.24, 2.45) is 4.99 Å². The minimum Gasteiger partial charge on any atom is -0.465 e. The van der Waals surface area contributed by atoms with E-state index in [0.29, 0.717) is 16.9 Å². The first-order valence-electron chi connectivity index (χ1n) is 8.84. The van der Waals surface area contributed by atoms with Gasteiger partial charge in [-0.05, 0) is 42.7 Å². The van der Waals surface area contributed by atoms with Crippen LogP contribution in [0.4, 0.5) is 0 Å². The smallest absolute Gasteiger partial charge is 0.337 e. The van der Waals surface area contributed by atoms with Crippen molar-refractivity contribution in [2.45, 2.75) is 11.4 Å². The van der Waals surface area contributed by atoms with Crippen molar-refractivity contribution in [1.82, 2.24) is 4.57 Å². The number of sulfone groups is 1. The van der Waals surface area contributed by atoms with E-state index in [4.69, 9.17) is 4.74 Å². The van der Waals surface area contributed by atoms with Gasteiger partial charge >= 0.3 is 5.97 Å². The highest BCUT2D eigenvalue weighted by Gasteiger charge is 2.14. The monoisotopic (exact) mass is 464 g/mol. The first kappa shape index (κ1) is 22.3. The van der Waals surface area contributed by atoms with E-state index in [1.165, 1.54) is 42.7 Å². The van der Waals surface area contributed by atoms with Crippen molar-refractivity contribution in [1.29, 1.82) is 0 Å². The molecule has 0 fully saturated rings. The standard InChI is InChI=1S/C20H20N2O5S3/c1-27-19(24)14-7-8-16-17(12-14)29-20(22(16)9-10-28-2)21-18(23)13-5-4-6-15(11-13)30(3,25)26/h4-8,11-12H,9-10H2,1-3H3. The van der Waals surface area contributed by atoms with Gasteiger partial charge in [0.2, 0.25) is 0 Å². The number of esters is 1. The van der Waals surface area contributed by atoms with Crippen LogP contribution in [0.1, 0.15) is 20.7 Å². The third-order valence-corrected chi connectivity index (χ3v) is 7.07. The van der Waals surface area contributed by atoms with Gasteiger partial charge in [-0.25, -0.2) is 13.2 Å². The number of amides is 1. The van der Waals surface area contributed by atoms with Gasteiger partial charge < -0.3 is 9.30 Å². The van der Waals surface area contributed by atoms with Gasteiger partial charge in [0.15, 0.2) is 14.6 Å². The molecule has 0 unspecified atom stereocenters. The zero-order chi connectivity index (χ0) is 21.9. The lowest BCUT2D eigenvalue weighted by molar-refractivity contribution is 0.0600. The molecule has 10 heteroatoms. The molecule has 0 saturated carbocycles. The summed E-state index contributed by atoms with van der Waals surface area (Å²) in [6.45, 7) is 0.633. The van der Waals surface area contributed by atoms with E-state index in [0.717, 1.165) is 22.2 Å². The van der Waals surface area contributed by atoms with Crippen molar-refractivity contribution >= 4 is 55.0 Å². The van der Waals surface area contributed by atoms with Crippen molar-refractivity contribution in [3.05, 3.63) is 58.4 Å². The Morgan fingerprint density at radius 3 is 2.60 bits per heavy atom. The number of benzene rings is 2. The third kappa shape index (κ3) is 4.82. The normalized spacial score (nSPS) is 12.3. The molecular weight excluding hydrogens is 444 g/mol. The molecule has 0 atom stereocenters. The van der Waals surface area contributed by atoms with Crippen molar-refractivity contribution in [3.8, 4) is 0 Å². The summed E-state index contributed by atoms with van der Waals surface area (Å²) in [6, 6.07) is 11.0. The van der Waals surface area contributed by atoms with E-state index >= 15 is 0 Å². The summed E-state index contributed by atoms with van der Waals surface area (Å²) < 4.78 is 31.1. The Kier molecular flexibility index (Phi) is 6.79. The molecule has 0 aliphatic rings. The third-order valence-electron chi connectivity index (χ3n) is 4.33.